The average molecular weight is 472 g/mol. The SMILES string of the molecule is CCCCC1=CC(C)(CC2(C)C3=C(C=CCC=C3)c3c2c2cc(C)ccc2n3C)C2=C1C=CC=C=C2. The normalized spacial score (nSPS) is 26.0. The van der Waals surface area contributed by atoms with Gasteiger partial charge in [-0.05, 0) is 84.7 Å². The first-order valence-electron chi connectivity index (χ1n) is 13.6. The van der Waals surface area contributed by atoms with Gasteiger partial charge in [0.2, 0.25) is 0 Å². The number of aryl methyl sites for hydroxylation is 2. The quantitative estimate of drug-likeness (QED) is 0.383. The number of fused-ring (bicyclic) bond motifs is 4. The molecule has 0 saturated heterocycles. The summed E-state index contributed by atoms with van der Waals surface area (Å²) in [6, 6.07) is 6.97. The predicted molar refractivity (Wildman–Crippen MR) is 154 cm³/mol. The second-order valence-corrected chi connectivity index (χ2v) is 11.5. The van der Waals surface area contributed by atoms with Gasteiger partial charge >= 0.3 is 0 Å². The Morgan fingerprint density at radius 3 is 2.69 bits per heavy atom. The first-order chi connectivity index (χ1) is 17.4. The average Bonchev–Trinajstić information content (AvgIpc) is 3.16. The number of aromatic nitrogens is 1. The fourth-order valence-electron chi connectivity index (χ4n) is 7.31. The van der Waals surface area contributed by atoms with E-state index in [2.05, 4.69) is 118 Å². The third-order valence-corrected chi connectivity index (χ3v) is 8.84. The first-order valence-corrected chi connectivity index (χ1v) is 13.6. The van der Waals surface area contributed by atoms with Crippen molar-refractivity contribution in [3.05, 3.63) is 118 Å². The van der Waals surface area contributed by atoms with Gasteiger partial charge in [0.1, 0.15) is 0 Å². The van der Waals surface area contributed by atoms with Gasteiger partial charge in [-0.1, -0.05) is 81.4 Å². The van der Waals surface area contributed by atoms with Crippen LogP contribution in [0.15, 0.2) is 101 Å². The monoisotopic (exact) mass is 471 g/mol. The van der Waals surface area contributed by atoms with Gasteiger partial charge < -0.3 is 4.57 Å². The maximum atomic E-state index is 3.45. The maximum Gasteiger partial charge on any atom is 0.0533 e. The van der Waals surface area contributed by atoms with Crippen LogP contribution in [-0.2, 0) is 12.5 Å². The highest BCUT2D eigenvalue weighted by Crippen LogP contribution is 2.59. The molecule has 0 radical (unpaired) electrons. The molecule has 0 saturated carbocycles. The fraction of sp³-hybridized carbons (Fsp3) is 0.343. The third-order valence-electron chi connectivity index (χ3n) is 8.84. The number of hydrogen-bond donors (Lipinski definition) is 0. The molecule has 6 rings (SSSR count). The van der Waals surface area contributed by atoms with Crippen LogP contribution < -0.4 is 0 Å². The zero-order valence-electron chi connectivity index (χ0n) is 22.4. The molecular formula is C35H37N. The van der Waals surface area contributed by atoms with Crippen LogP contribution in [0.4, 0.5) is 0 Å². The van der Waals surface area contributed by atoms with E-state index < -0.39 is 0 Å². The Kier molecular flexibility index (Phi) is 5.39. The van der Waals surface area contributed by atoms with Crippen LogP contribution in [0.1, 0.15) is 69.7 Å². The highest BCUT2D eigenvalue weighted by Gasteiger charge is 2.49. The van der Waals surface area contributed by atoms with Crippen LogP contribution in [0.2, 0.25) is 0 Å². The highest BCUT2D eigenvalue weighted by atomic mass is 15.0. The number of nitrogens with zero attached hydrogens (tertiary/aromatic N) is 1. The lowest BCUT2D eigenvalue weighted by atomic mass is 9.65. The fourth-order valence-corrected chi connectivity index (χ4v) is 7.31. The van der Waals surface area contributed by atoms with E-state index in [1.807, 2.05) is 0 Å². The Labute approximate surface area is 216 Å². The van der Waals surface area contributed by atoms with E-state index >= 15 is 0 Å². The van der Waals surface area contributed by atoms with Gasteiger partial charge in [0, 0.05) is 34.4 Å². The van der Waals surface area contributed by atoms with Gasteiger partial charge in [-0.15, -0.1) is 5.73 Å². The number of benzene rings is 1. The Hall–Kier alpha value is -3.28. The molecule has 0 bridgehead atoms. The van der Waals surface area contributed by atoms with Crippen molar-refractivity contribution in [2.45, 2.75) is 65.2 Å². The summed E-state index contributed by atoms with van der Waals surface area (Å²) in [4.78, 5) is 0. The smallest absolute Gasteiger partial charge is 0.0533 e. The van der Waals surface area contributed by atoms with Crippen LogP contribution in [0, 0.1) is 12.3 Å². The van der Waals surface area contributed by atoms with Crippen molar-refractivity contribution in [2.75, 3.05) is 0 Å². The van der Waals surface area contributed by atoms with Gasteiger partial charge in [-0.2, -0.15) is 0 Å². The Bertz CT molecular complexity index is 1530. The van der Waals surface area contributed by atoms with Gasteiger partial charge in [0.05, 0.1) is 5.69 Å². The summed E-state index contributed by atoms with van der Waals surface area (Å²) in [5, 5.41) is 1.41. The lowest BCUT2D eigenvalue weighted by Crippen LogP contribution is -2.30. The van der Waals surface area contributed by atoms with Crippen molar-refractivity contribution in [1.82, 2.24) is 4.57 Å². The molecule has 36 heavy (non-hydrogen) atoms. The molecule has 4 aliphatic carbocycles. The molecular weight excluding hydrogens is 434 g/mol. The zero-order chi connectivity index (χ0) is 25.1. The minimum Gasteiger partial charge on any atom is -0.343 e. The van der Waals surface area contributed by atoms with Crippen LogP contribution in [-0.4, -0.2) is 4.57 Å². The van der Waals surface area contributed by atoms with Crippen LogP contribution in [0.25, 0.3) is 16.5 Å². The summed E-state index contributed by atoms with van der Waals surface area (Å²) >= 11 is 0. The van der Waals surface area contributed by atoms with Crippen LogP contribution in [0.5, 0.6) is 0 Å². The summed E-state index contributed by atoms with van der Waals surface area (Å²) in [7, 11) is 2.25. The van der Waals surface area contributed by atoms with Crippen molar-refractivity contribution >= 4 is 16.5 Å². The van der Waals surface area contributed by atoms with Crippen molar-refractivity contribution < 1.29 is 0 Å². The minimum atomic E-state index is -0.0969. The molecule has 182 valence electrons. The molecule has 4 aliphatic rings. The largest absolute Gasteiger partial charge is 0.343 e. The predicted octanol–water partition coefficient (Wildman–Crippen LogP) is 9.13. The molecule has 1 nitrogen and oxygen atoms in total. The molecule has 1 aromatic carbocycles. The van der Waals surface area contributed by atoms with E-state index in [1.54, 1.807) is 0 Å². The molecule has 1 aromatic heterocycles. The summed E-state index contributed by atoms with van der Waals surface area (Å²) in [5.41, 5.74) is 16.1. The van der Waals surface area contributed by atoms with Gasteiger partial charge in [-0.25, -0.2) is 0 Å². The van der Waals surface area contributed by atoms with Crippen LogP contribution in [0.3, 0.4) is 0 Å². The summed E-state index contributed by atoms with van der Waals surface area (Å²) in [6.45, 7) is 9.48. The summed E-state index contributed by atoms with van der Waals surface area (Å²) in [5.74, 6) is 0. The van der Waals surface area contributed by atoms with E-state index in [9.17, 15) is 0 Å². The van der Waals surface area contributed by atoms with Gasteiger partial charge in [0.15, 0.2) is 0 Å². The third kappa shape index (κ3) is 3.30. The number of hydrogen-bond acceptors (Lipinski definition) is 0. The molecule has 0 N–H and O–H groups in total. The zero-order valence-corrected chi connectivity index (χ0v) is 22.4. The lowest BCUT2D eigenvalue weighted by molar-refractivity contribution is 0.374. The lowest BCUT2D eigenvalue weighted by Gasteiger charge is -2.37. The molecule has 2 unspecified atom stereocenters. The molecule has 0 fully saturated rings. The van der Waals surface area contributed by atoms with Crippen LogP contribution >= 0.6 is 0 Å². The van der Waals surface area contributed by atoms with E-state index in [-0.39, 0.29) is 10.8 Å². The van der Waals surface area contributed by atoms with Crippen molar-refractivity contribution in [2.24, 2.45) is 12.5 Å². The molecule has 2 aromatic rings. The van der Waals surface area contributed by atoms with Crippen molar-refractivity contribution in [3.63, 3.8) is 0 Å². The summed E-state index contributed by atoms with van der Waals surface area (Å²) < 4.78 is 2.44. The minimum absolute atomic E-state index is 0.0573. The second kappa shape index (κ2) is 8.39. The molecule has 0 aliphatic heterocycles. The van der Waals surface area contributed by atoms with E-state index in [0.717, 1.165) is 19.3 Å². The van der Waals surface area contributed by atoms with E-state index in [1.165, 1.54) is 68.4 Å². The Morgan fingerprint density at radius 1 is 1.03 bits per heavy atom. The number of unbranched alkanes of at least 4 members (excludes halogenated alkanes) is 1. The molecule has 1 heterocycles. The summed E-state index contributed by atoms with van der Waals surface area (Å²) in [6.07, 6.45) is 26.5. The Balaban J connectivity index is 1.58. The molecule has 0 amide bonds. The molecule has 1 heteroatoms. The van der Waals surface area contributed by atoms with Gasteiger partial charge in [-0.3, -0.25) is 0 Å². The second-order valence-electron chi connectivity index (χ2n) is 11.5. The number of allylic oxidation sites excluding steroid dienone is 13. The maximum absolute atomic E-state index is 3.45. The topological polar surface area (TPSA) is 4.93 Å². The van der Waals surface area contributed by atoms with E-state index in [4.69, 9.17) is 0 Å². The number of rotatable bonds is 5. The van der Waals surface area contributed by atoms with Gasteiger partial charge in [0.25, 0.3) is 0 Å². The highest BCUT2D eigenvalue weighted by molar-refractivity contribution is 5.99. The molecule has 0 spiro atoms. The standard InChI is InChI=1S/C35H37N/c1-6-7-14-25-22-34(3,29-17-12-8-10-15-26(25)29)23-35(4)30-18-13-9-11-16-27(30)33-32(35)28-21-24(2)19-20-31(28)36(33)5/h8,10-11,13,15-22H,6-7,9,14,23H2,1-5H3. The van der Waals surface area contributed by atoms with Crippen molar-refractivity contribution in [1.29, 1.82) is 0 Å². The first kappa shape index (κ1) is 23.1. The van der Waals surface area contributed by atoms with E-state index in [0.29, 0.717) is 0 Å². The van der Waals surface area contributed by atoms with Crippen molar-refractivity contribution in [3.8, 4) is 0 Å². The Morgan fingerprint density at radius 2 is 1.86 bits per heavy atom. The molecule has 2 atom stereocenters.